The molecule has 0 bridgehead atoms. The van der Waals surface area contributed by atoms with Crippen molar-refractivity contribution >= 4 is 34.1 Å². The van der Waals surface area contributed by atoms with Crippen LogP contribution in [0.3, 0.4) is 0 Å². The first-order chi connectivity index (χ1) is 11.4. The van der Waals surface area contributed by atoms with E-state index < -0.39 is 27.0 Å². The Bertz CT molecular complexity index is 733. The van der Waals surface area contributed by atoms with Crippen LogP contribution in [0.2, 0.25) is 0 Å². The second-order valence-electron chi connectivity index (χ2n) is 6.80. The molecule has 9 heteroatoms. The molecule has 2 amide bonds. The quantitative estimate of drug-likeness (QED) is 0.705. The highest BCUT2D eigenvalue weighted by atomic mass is 35.5. The summed E-state index contributed by atoms with van der Waals surface area (Å²) in [6.45, 7) is 6.08. The number of nitrogens with two attached hydrogens (primary N) is 1. The zero-order chi connectivity index (χ0) is 19.4. The minimum Gasteiger partial charge on any atom is -0.348 e. The van der Waals surface area contributed by atoms with Gasteiger partial charge >= 0.3 is 0 Å². The van der Waals surface area contributed by atoms with E-state index in [9.17, 15) is 18.0 Å². The van der Waals surface area contributed by atoms with Gasteiger partial charge in [-0.2, -0.15) is 0 Å². The van der Waals surface area contributed by atoms with Crippen LogP contribution in [0, 0.1) is 5.92 Å². The van der Waals surface area contributed by atoms with E-state index in [1.165, 1.54) is 43.3 Å². The van der Waals surface area contributed by atoms with Crippen LogP contribution in [0.4, 0.5) is 0 Å². The number of nitrogens with zero attached hydrogens (tertiary/aromatic N) is 1. The third kappa shape index (κ3) is 5.96. The lowest BCUT2D eigenvalue weighted by atomic mass is 9.88. The van der Waals surface area contributed by atoms with Gasteiger partial charge in [-0.05, 0) is 37.1 Å². The fraction of sp³-hybridized carbons (Fsp3) is 0.529. The minimum atomic E-state index is -3.74. The molecule has 0 fully saturated rings. The highest BCUT2D eigenvalue weighted by molar-refractivity contribution is 7.92. The molecule has 0 radical (unpaired) electrons. The standard InChI is InChI=1S/C17H27N3O4S.ClH/c1-12(2)17(3,11-18)19-16(22)13-6-8-14(9-7-13)25(23,24)10-15(21)20(4)5;/h6-9,12H,10-11,18H2,1-5H3,(H,19,22);1H. The number of carbonyl (C=O) groups is 2. The van der Waals surface area contributed by atoms with E-state index in [0.29, 0.717) is 5.56 Å². The van der Waals surface area contributed by atoms with E-state index in [2.05, 4.69) is 5.32 Å². The fourth-order valence-electron chi connectivity index (χ4n) is 1.95. The van der Waals surface area contributed by atoms with Gasteiger partial charge in [-0.3, -0.25) is 9.59 Å². The molecule has 148 valence electrons. The van der Waals surface area contributed by atoms with Crippen LogP contribution < -0.4 is 11.1 Å². The molecule has 0 aliphatic heterocycles. The van der Waals surface area contributed by atoms with Crippen molar-refractivity contribution in [3.63, 3.8) is 0 Å². The van der Waals surface area contributed by atoms with Gasteiger partial charge in [0.2, 0.25) is 5.91 Å². The molecule has 1 atom stereocenters. The normalized spacial score (nSPS) is 13.5. The summed E-state index contributed by atoms with van der Waals surface area (Å²) in [5, 5.41) is 2.89. The van der Waals surface area contributed by atoms with E-state index in [1.54, 1.807) is 0 Å². The molecular weight excluding hydrogens is 378 g/mol. The maximum atomic E-state index is 12.4. The monoisotopic (exact) mass is 405 g/mol. The Kier molecular flexibility index (Phi) is 8.75. The molecule has 1 unspecified atom stereocenters. The molecule has 0 saturated carbocycles. The van der Waals surface area contributed by atoms with E-state index >= 15 is 0 Å². The Labute approximate surface area is 161 Å². The van der Waals surface area contributed by atoms with Gasteiger partial charge in [-0.1, -0.05) is 13.8 Å². The topological polar surface area (TPSA) is 110 Å². The first-order valence-electron chi connectivity index (χ1n) is 7.98. The SMILES string of the molecule is CC(C)C(C)(CN)NC(=O)c1ccc(S(=O)(=O)CC(=O)N(C)C)cc1.Cl. The number of hydrogen-bond acceptors (Lipinski definition) is 5. The van der Waals surface area contributed by atoms with E-state index in [4.69, 9.17) is 5.73 Å². The summed E-state index contributed by atoms with van der Waals surface area (Å²) in [6, 6.07) is 5.53. The lowest BCUT2D eigenvalue weighted by Gasteiger charge is -2.33. The number of benzene rings is 1. The number of sulfone groups is 1. The van der Waals surface area contributed by atoms with Crippen molar-refractivity contribution in [2.75, 3.05) is 26.4 Å². The molecule has 1 rings (SSSR count). The maximum Gasteiger partial charge on any atom is 0.251 e. The molecule has 0 heterocycles. The van der Waals surface area contributed by atoms with Crippen molar-refractivity contribution in [3.8, 4) is 0 Å². The highest BCUT2D eigenvalue weighted by Gasteiger charge is 2.29. The van der Waals surface area contributed by atoms with Crippen molar-refractivity contribution in [2.24, 2.45) is 11.7 Å². The number of halogens is 1. The van der Waals surface area contributed by atoms with Crippen molar-refractivity contribution in [2.45, 2.75) is 31.2 Å². The van der Waals surface area contributed by atoms with Gasteiger partial charge in [0.15, 0.2) is 9.84 Å². The maximum absolute atomic E-state index is 12.4. The van der Waals surface area contributed by atoms with Gasteiger partial charge in [-0.15, -0.1) is 12.4 Å². The first kappa shape index (κ1) is 24.4. The molecule has 3 N–H and O–H groups in total. The van der Waals surface area contributed by atoms with Crippen LogP contribution in [-0.2, 0) is 14.6 Å². The molecule has 26 heavy (non-hydrogen) atoms. The van der Waals surface area contributed by atoms with Crippen LogP contribution in [-0.4, -0.2) is 57.1 Å². The Hall–Kier alpha value is -1.64. The second-order valence-corrected chi connectivity index (χ2v) is 8.79. The van der Waals surface area contributed by atoms with Crippen molar-refractivity contribution in [1.29, 1.82) is 0 Å². The van der Waals surface area contributed by atoms with Crippen molar-refractivity contribution in [1.82, 2.24) is 10.2 Å². The molecule has 0 aliphatic rings. The van der Waals surface area contributed by atoms with Crippen molar-refractivity contribution < 1.29 is 18.0 Å². The molecule has 0 spiro atoms. The molecule has 0 aromatic heterocycles. The van der Waals surface area contributed by atoms with Gasteiger partial charge in [0.25, 0.3) is 5.91 Å². The summed E-state index contributed by atoms with van der Waals surface area (Å²) < 4.78 is 24.5. The predicted molar refractivity (Wildman–Crippen MR) is 104 cm³/mol. The number of carbonyl (C=O) groups excluding carboxylic acids is 2. The number of nitrogens with one attached hydrogen (secondary N) is 1. The third-order valence-corrected chi connectivity index (χ3v) is 6.00. The average molecular weight is 406 g/mol. The fourth-order valence-corrected chi connectivity index (χ4v) is 3.25. The molecule has 1 aromatic rings. The average Bonchev–Trinajstić information content (AvgIpc) is 2.54. The lowest BCUT2D eigenvalue weighted by Crippen LogP contribution is -2.55. The zero-order valence-corrected chi connectivity index (χ0v) is 17.4. The molecule has 7 nitrogen and oxygen atoms in total. The zero-order valence-electron chi connectivity index (χ0n) is 15.8. The molecular formula is C17H28ClN3O4S. The Morgan fingerprint density at radius 1 is 1.19 bits per heavy atom. The van der Waals surface area contributed by atoms with Crippen LogP contribution in [0.5, 0.6) is 0 Å². The van der Waals surface area contributed by atoms with Crippen LogP contribution in [0.15, 0.2) is 29.2 Å². The number of rotatable bonds is 7. The van der Waals surface area contributed by atoms with E-state index in [-0.39, 0.29) is 35.7 Å². The second kappa shape index (κ2) is 9.34. The highest BCUT2D eigenvalue weighted by Crippen LogP contribution is 2.17. The third-order valence-electron chi connectivity index (χ3n) is 4.39. The summed E-state index contributed by atoms with van der Waals surface area (Å²) in [5.74, 6) is -1.30. The van der Waals surface area contributed by atoms with Crippen LogP contribution in [0.25, 0.3) is 0 Å². The Balaban J connectivity index is 0.00000625. The minimum absolute atomic E-state index is 0. The first-order valence-corrected chi connectivity index (χ1v) is 9.63. The van der Waals surface area contributed by atoms with Crippen molar-refractivity contribution in [3.05, 3.63) is 29.8 Å². The Morgan fingerprint density at radius 3 is 2.08 bits per heavy atom. The number of amides is 2. The summed E-state index contributed by atoms with van der Waals surface area (Å²) >= 11 is 0. The van der Waals surface area contributed by atoms with Gasteiger partial charge in [0.1, 0.15) is 5.75 Å². The van der Waals surface area contributed by atoms with E-state index in [0.717, 1.165) is 0 Å². The van der Waals surface area contributed by atoms with E-state index in [1.807, 2.05) is 20.8 Å². The van der Waals surface area contributed by atoms with Gasteiger partial charge in [-0.25, -0.2) is 8.42 Å². The van der Waals surface area contributed by atoms with Crippen LogP contribution in [0.1, 0.15) is 31.1 Å². The summed E-state index contributed by atoms with van der Waals surface area (Å²) in [7, 11) is -0.754. The largest absolute Gasteiger partial charge is 0.348 e. The molecule has 0 aliphatic carbocycles. The summed E-state index contributed by atoms with van der Waals surface area (Å²) in [5.41, 5.74) is 5.53. The predicted octanol–water partition coefficient (Wildman–Crippen LogP) is 1.07. The molecule has 1 aromatic carbocycles. The van der Waals surface area contributed by atoms with Gasteiger partial charge in [0, 0.05) is 26.2 Å². The smallest absolute Gasteiger partial charge is 0.251 e. The Morgan fingerprint density at radius 2 is 1.69 bits per heavy atom. The van der Waals surface area contributed by atoms with Crippen LogP contribution >= 0.6 is 12.4 Å². The van der Waals surface area contributed by atoms with Gasteiger partial charge < -0.3 is 16.0 Å². The van der Waals surface area contributed by atoms with Gasteiger partial charge in [0.05, 0.1) is 10.4 Å². The lowest BCUT2D eigenvalue weighted by molar-refractivity contribution is -0.125. The number of hydrogen-bond donors (Lipinski definition) is 2. The molecule has 0 saturated heterocycles. The summed E-state index contributed by atoms with van der Waals surface area (Å²) in [6.07, 6.45) is 0. The summed E-state index contributed by atoms with van der Waals surface area (Å²) in [4.78, 5) is 25.2.